The number of hydrogen-bond donors (Lipinski definition) is 3. The zero-order chi connectivity index (χ0) is 20.1. The summed E-state index contributed by atoms with van der Waals surface area (Å²) in [6, 6.07) is 13.9. The number of hydrogen-bond acceptors (Lipinski definition) is 5. The lowest BCUT2D eigenvalue weighted by atomic mass is 9.96. The first-order valence-corrected chi connectivity index (χ1v) is 10.4. The summed E-state index contributed by atoms with van der Waals surface area (Å²) in [5, 5.41) is 21.3. The Bertz CT molecular complexity index is 881. The summed E-state index contributed by atoms with van der Waals surface area (Å²) in [5.74, 6) is 2.40. The summed E-state index contributed by atoms with van der Waals surface area (Å²) in [4.78, 5) is 2.38. The fourth-order valence-corrected chi connectivity index (χ4v) is 4.04. The minimum Gasteiger partial charge on any atom is -0.460 e. The number of aryl methyl sites for hydroxylation is 1. The quantitative estimate of drug-likeness (QED) is 0.545. The lowest BCUT2D eigenvalue weighted by molar-refractivity contribution is 0.0891. The average molecular weight is 395 g/mol. The summed E-state index contributed by atoms with van der Waals surface area (Å²) in [6.45, 7) is 6.52. The number of rotatable bonds is 8. The van der Waals surface area contributed by atoms with Crippen molar-refractivity contribution in [1.82, 2.24) is 20.4 Å². The Kier molecular flexibility index (Phi) is 6.44. The number of benzene rings is 1. The number of likely N-dealkylation sites (tertiary alicyclic amines) is 1. The second-order valence-corrected chi connectivity index (χ2v) is 7.98. The fraction of sp³-hybridized carbons (Fsp3) is 0.435. The third-order valence-electron chi connectivity index (χ3n) is 5.78. The molecule has 1 fully saturated rings. The zero-order valence-corrected chi connectivity index (χ0v) is 17.0. The van der Waals surface area contributed by atoms with Crippen molar-refractivity contribution in [2.24, 2.45) is 5.92 Å². The summed E-state index contributed by atoms with van der Waals surface area (Å²) >= 11 is 0. The van der Waals surface area contributed by atoms with Gasteiger partial charge in [0, 0.05) is 18.7 Å². The van der Waals surface area contributed by atoms with E-state index in [2.05, 4.69) is 20.4 Å². The number of furan rings is 1. The van der Waals surface area contributed by atoms with E-state index in [1.807, 2.05) is 55.6 Å². The molecule has 1 aliphatic heterocycles. The molecule has 154 valence electrons. The molecule has 0 spiro atoms. The Hall–Kier alpha value is -2.41. The number of aromatic amines is 1. The molecule has 1 aromatic carbocycles. The topological polar surface area (TPSA) is 77.3 Å². The number of H-pyrrole nitrogens is 1. The summed E-state index contributed by atoms with van der Waals surface area (Å²) in [6.07, 6.45) is 3.78. The van der Waals surface area contributed by atoms with Crippen LogP contribution in [0.3, 0.4) is 0 Å². The Labute approximate surface area is 171 Å². The van der Waals surface area contributed by atoms with Crippen molar-refractivity contribution >= 4 is 0 Å². The number of β-amino-alcohol motifs (C(OH)–C–C–N with tert-alkyl or cyclic N) is 1. The number of nitrogens with one attached hydrogen (secondary N) is 2. The van der Waals surface area contributed by atoms with Crippen LogP contribution in [0.1, 0.15) is 35.8 Å². The van der Waals surface area contributed by atoms with Crippen LogP contribution in [0, 0.1) is 12.8 Å². The SMILES string of the molecule is Cc1ccc(-c2[nH]ncc2CNCC2CCN(CC(O)c3ccccc3)CC2)o1. The van der Waals surface area contributed by atoms with Crippen LogP contribution in [0.25, 0.3) is 11.5 Å². The van der Waals surface area contributed by atoms with Crippen LogP contribution in [0.4, 0.5) is 0 Å². The van der Waals surface area contributed by atoms with Gasteiger partial charge in [0.1, 0.15) is 11.5 Å². The fourth-order valence-electron chi connectivity index (χ4n) is 4.04. The van der Waals surface area contributed by atoms with Gasteiger partial charge in [-0.25, -0.2) is 0 Å². The zero-order valence-electron chi connectivity index (χ0n) is 17.0. The number of nitrogens with zero attached hydrogens (tertiary/aromatic N) is 2. The molecule has 3 heterocycles. The normalized spacial score (nSPS) is 16.9. The lowest BCUT2D eigenvalue weighted by Gasteiger charge is -2.33. The molecule has 4 rings (SSSR count). The molecule has 0 saturated carbocycles. The predicted molar refractivity (Wildman–Crippen MR) is 113 cm³/mol. The maximum Gasteiger partial charge on any atom is 0.152 e. The van der Waals surface area contributed by atoms with Crippen LogP contribution < -0.4 is 5.32 Å². The average Bonchev–Trinajstić information content (AvgIpc) is 3.38. The van der Waals surface area contributed by atoms with Gasteiger partial charge in [0.25, 0.3) is 0 Å². The molecule has 0 bridgehead atoms. The van der Waals surface area contributed by atoms with Crippen molar-refractivity contribution in [2.45, 2.75) is 32.4 Å². The van der Waals surface area contributed by atoms with Crippen molar-refractivity contribution in [1.29, 1.82) is 0 Å². The second-order valence-electron chi connectivity index (χ2n) is 7.98. The van der Waals surface area contributed by atoms with Gasteiger partial charge in [-0.1, -0.05) is 30.3 Å². The molecule has 0 aliphatic carbocycles. The minimum atomic E-state index is -0.407. The monoisotopic (exact) mass is 394 g/mol. The maximum atomic E-state index is 10.4. The summed E-state index contributed by atoms with van der Waals surface area (Å²) in [5.41, 5.74) is 3.08. The molecular formula is C23H30N4O2. The molecule has 6 heteroatoms. The van der Waals surface area contributed by atoms with Crippen molar-refractivity contribution in [3.8, 4) is 11.5 Å². The van der Waals surface area contributed by atoms with Crippen LogP contribution in [0.2, 0.25) is 0 Å². The van der Waals surface area contributed by atoms with Crippen molar-refractivity contribution in [3.63, 3.8) is 0 Å². The number of piperidine rings is 1. The Morgan fingerprint density at radius 1 is 1.21 bits per heavy atom. The standard InChI is InChI=1S/C23H30N4O2/c1-17-7-8-22(29-17)23-20(15-25-26-23)14-24-13-18-9-11-27(12-10-18)16-21(28)19-5-3-2-4-6-19/h2-8,15,18,21,24,28H,9-14,16H2,1H3,(H,25,26). The molecule has 0 amide bonds. The Morgan fingerprint density at radius 2 is 2.00 bits per heavy atom. The second kappa shape index (κ2) is 9.39. The van der Waals surface area contributed by atoms with Gasteiger partial charge in [-0.05, 0) is 63.0 Å². The molecule has 1 atom stereocenters. The van der Waals surface area contributed by atoms with E-state index >= 15 is 0 Å². The van der Waals surface area contributed by atoms with E-state index in [1.165, 1.54) is 0 Å². The van der Waals surface area contributed by atoms with Gasteiger partial charge in [0.05, 0.1) is 12.3 Å². The van der Waals surface area contributed by atoms with Crippen LogP contribution in [-0.2, 0) is 6.54 Å². The molecular weight excluding hydrogens is 364 g/mol. The largest absolute Gasteiger partial charge is 0.460 e. The highest BCUT2D eigenvalue weighted by Gasteiger charge is 2.21. The van der Waals surface area contributed by atoms with Gasteiger partial charge in [0.2, 0.25) is 0 Å². The third kappa shape index (κ3) is 5.15. The summed E-state index contributed by atoms with van der Waals surface area (Å²) in [7, 11) is 0. The highest BCUT2D eigenvalue weighted by atomic mass is 16.3. The first kappa shape index (κ1) is 19.9. The van der Waals surface area contributed by atoms with Crippen LogP contribution >= 0.6 is 0 Å². The molecule has 2 aromatic heterocycles. The van der Waals surface area contributed by atoms with Crippen molar-refractivity contribution in [2.75, 3.05) is 26.2 Å². The number of aromatic nitrogens is 2. The van der Waals surface area contributed by atoms with Gasteiger partial charge in [-0.3, -0.25) is 5.10 Å². The Balaban J connectivity index is 1.20. The molecule has 1 aliphatic rings. The van der Waals surface area contributed by atoms with E-state index in [4.69, 9.17) is 4.42 Å². The molecule has 6 nitrogen and oxygen atoms in total. The van der Waals surface area contributed by atoms with E-state index in [-0.39, 0.29) is 0 Å². The van der Waals surface area contributed by atoms with Crippen molar-refractivity contribution in [3.05, 3.63) is 65.5 Å². The van der Waals surface area contributed by atoms with Gasteiger partial charge < -0.3 is 19.7 Å². The maximum absolute atomic E-state index is 10.4. The Morgan fingerprint density at radius 3 is 2.72 bits per heavy atom. The molecule has 1 saturated heterocycles. The van der Waals surface area contributed by atoms with E-state index < -0.39 is 6.10 Å². The van der Waals surface area contributed by atoms with Gasteiger partial charge in [-0.2, -0.15) is 5.10 Å². The van der Waals surface area contributed by atoms with E-state index in [0.717, 1.165) is 67.4 Å². The predicted octanol–water partition coefficient (Wildman–Crippen LogP) is 3.51. The van der Waals surface area contributed by atoms with Crippen LogP contribution in [0.5, 0.6) is 0 Å². The third-order valence-corrected chi connectivity index (χ3v) is 5.78. The van der Waals surface area contributed by atoms with Gasteiger partial charge in [-0.15, -0.1) is 0 Å². The van der Waals surface area contributed by atoms with E-state index in [9.17, 15) is 5.11 Å². The molecule has 0 radical (unpaired) electrons. The number of aliphatic hydroxyl groups excluding tert-OH is 1. The van der Waals surface area contributed by atoms with Crippen molar-refractivity contribution < 1.29 is 9.52 Å². The van der Waals surface area contributed by atoms with Gasteiger partial charge in [0.15, 0.2) is 5.76 Å². The highest BCUT2D eigenvalue weighted by molar-refractivity contribution is 5.56. The lowest BCUT2D eigenvalue weighted by Crippen LogP contribution is -2.39. The summed E-state index contributed by atoms with van der Waals surface area (Å²) < 4.78 is 5.72. The first-order chi connectivity index (χ1) is 14.2. The van der Waals surface area contributed by atoms with E-state index in [1.54, 1.807) is 0 Å². The molecule has 1 unspecified atom stereocenters. The van der Waals surface area contributed by atoms with Crippen LogP contribution in [0.15, 0.2) is 53.1 Å². The van der Waals surface area contributed by atoms with Gasteiger partial charge >= 0.3 is 0 Å². The van der Waals surface area contributed by atoms with E-state index in [0.29, 0.717) is 12.5 Å². The number of aliphatic hydroxyl groups is 1. The molecule has 3 aromatic rings. The van der Waals surface area contributed by atoms with Crippen LogP contribution in [-0.4, -0.2) is 46.4 Å². The first-order valence-electron chi connectivity index (χ1n) is 10.4. The highest BCUT2D eigenvalue weighted by Crippen LogP contribution is 2.24. The molecule has 3 N–H and O–H groups in total. The smallest absolute Gasteiger partial charge is 0.152 e. The molecule has 29 heavy (non-hydrogen) atoms. The minimum absolute atomic E-state index is 0.407.